The van der Waals surface area contributed by atoms with Gasteiger partial charge >= 0.3 is 0 Å². The summed E-state index contributed by atoms with van der Waals surface area (Å²) in [6, 6.07) is 16.9. The highest BCUT2D eigenvalue weighted by atomic mass is 19.1. The maximum atomic E-state index is 13.9. The van der Waals surface area contributed by atoms with Gasteiger partial charge in [-0.1, -0.05) is 82.0 Å². The van der Waals surface area contributed by atoms with Gasteiger partial charge < -0.3 is 5.32 Å². The van der Waals surface area contributed by atoms with E-state index in [1.165, 1.54) is 23.8 Å². The second kappa shape index (κ2) is 10.0. The van der Waals surface area contributed by atoms with Crippen LogP contribution in [0.15, 0.2) is 90.8 Å². The number of carbonyl (C=O) groups is 1. The van der Waals surface area contributed by atoms with Gasteiger partial charge in [-0.15, -0.1) is 0 Å². The second-order valence-corrected chi connectivity index (χ2v) is 8.06. The van der Waals surface area contributed by atoms with Gasteiger partial charge in [0.2, 0.25) is 0 Å². The van der Waals surface area contributed by atoms with Crippen molar-refractivity contribution < 1.29 is 9.18 Å². The molecular weight excluding hydrogens is 361 g/mol. The van der Waals surface area contributed by atoms with Crippen molar-refractivity contribution in [1.82, 2.24) is 0 Å². The van der Waals surface area contributed by atoms with E-state index < -0.39 is 11.9 Å². The number of hydrogen-bond acceptors (Lipinski definition) is 2. The predicted octanol–water partition coefficient (Wildman–Crippen LogP) is 6.56. The van der Waals surface area contributed by atoms with E-state index in [4.69, 9.17) is 0 Å². The van der Waals surface area contributed by atoms with Gasteiger partial charge in [0.15, 0.2) is 5.78 Å². The normalized spacial score (nSPS) is 13.7. The Balaban J connectivity index is 2.34. The number of halogens is 1. The SMILES string of the molecule is C=C/C(=C\C(F)=C/C)C(Nc1ccc(C(C)(C)C)cc1)C(=O)Cc1ccccc1. The monoisotopic (exact) mass is 391 g/mol. The van der Waals surface area contributed by atoms with E-state index >= 15 is 0 Å². The smallest absolute Gasteiger partial charge is 0.163 e. The molecule has 0 amide bonds. The number of anilines is 1. The highest BCUT2D eigenvalue weighted by Crippen LogP contribution is 2.25. The third kappa shape index (κ3) is 6.56. The van der Waals surface area contributed by atoms with Crippen molar-refractivity contribution >= 4 is 11.5 Å². The van der Waals surface area contributed by atoms with Crippen LogP contribution >= 0.6 is 0 Å². The molecule has 0 aliphatic rings. The zero-order valence-electron chi connectivity index (χ0n) is 17.7. The van der Waals surface area contributed by atoms with Gasteiger partial charge in [0, 0.05) is 12.1 Å². The molecule has 0 spiro atoms. The van der Waals surface area contributed by atoms with E-state index in [2.05, 4.69) is 32.7 Å². The summed E-state index contributed by atoms with van der Waals surface area (Å²) in [4.78, 5) is 13.1. The molecule has 0 aromatic heterocycles. The third-order valence-electron chi connectivity index (χ3n) is 4.75. The van der Waals surface area contributed by atoms with Gasteiger partial charge in [-0.3, -0.25) is 4.79 Å². The molecule has 1 atom stereocenters. The number of ketones is 1. The van der Waals surface area contributed by atoms with E-state index in [0.717, 1.165) is 11.3 Å². The van der Waals surface area contributed by atoms with E-state index in [0.29, 0.717) is 5.57 Å². The highest BCUT2D eigenvalue weighted by molar-refractivity contribution is 5.92. The molecule has 2 aromatic carbocycles. The molecule has 29 heavy (non-hydrogen) atoms. The number of Topliss-reactive ketones (excluding diaryl/α,β-unsaturated/α-hetero) is 1. The van der Waals surface area contributed by atoms with Crippen LogP contribution in [0.3, 0.4) is 0 Å². The van der Waals surface area contributed by atoms with E-state index in [9.17, 15) is 9.18 Å². The van der Waals surface area contributed by atoms with Crippen LogP contribution in [0, 0.1) is 0 Å². The zero-order chi connectivity index (χ0) is 21.4. The number of allylic oxidation sites excluding steroid dienone is 3. The number of nitrogens with one attached hydrogen (secondary N) is 1. The highest BCUT2D eigenvalue weighted by Gasteiger charge is 2.22. The predicted molar refractivity (Wildman–Crippen MR) is 121 cm³/mol. The van der Waals surface area contributed by atoms with Crippen LogP contribution in [0.1, 0.15) is 38.8 Å². The lowest BCUT2D eigenvalue weighted by Crippen LogP contribution is -2.32. The number of benzene rings is 2. The molecule has 0 radical (unpaired) electrons. The van der Waals surface area contributed by atoms with Crippen molar-refractivity contribution in [2.45, 2.75) is 45.6 Å². The molecule has 2 rings (SSSR count). The summed E-state index contributed by atoms with van der Waals surface area (Å²) in [7, 11) is 0. The Hall–Kier alpha value is -2.94. The van der Waals surface area contributed by atoms with Crippen LogP contribution < -0.4 is 5.32 Å². The molecule has 152 valence electrons. The molecule has 0 saturated heterocycles. The summed E-state index contributed by atoms with van der Waals surface area (Å²) >= 11 is 0. The molecular formula is C26H30FNO. The molecule has 1 N–H and O–H groups in total. The first-order valence-corrected chi connectivity index (χ1v) is 9.84. The second-order valence-electron chi connectivity index (χ2n) is 8.06. The van der Waals surface area contributed by atoms with Crippen molar-refractivity contribution in [3.05, 3.63) is 102 Å². The Bertz CT molecular complexity index is 887. The number of rotatable bonds is 8. The van der Waals surface area contributed by atoms with Crippen LogP contribution in [-0.4, -0.2) is 11.8 Å². The Labute approximate surface area is 173 Å². The van der Waals surface area contributed by atoms with Crippen molar-refractivity contribution in [2.75, 3.05) is 5.32 Å². The largest absolute Gasteiger partial charge is 0.372 e. The molecule has 0 heterocycles. The van der Waals surface area contributed by atoms with E-state index in [-0.39, 0.29) is 17.6 Å². The van der Waals surface area contributed by atoms with Crippen LogP contribution in [-0.2, 0) is 16.6 Å². The van der Waals surface area contributed by atoms with Crippen LogP contribution in [0.25, 0.3) is 0 Å². The van der Waals surface area contributed by atoms with Crippen LogP contribution in [0.5, 0.6) is 0 Å². The lowest BCUT2D eigenvalue weighted by molar-refractivity contribution is -0.118. The third-order valence-corrected chi connectivity index (χ3v) is 4.75. The minimum atomic E-state index is -0.695. The molecule has 0 saturated carbocycles. The number of hydrogen-bond donors (Lipinski definition) is 1. The summed E-state index contributed by atoms with van der Waals surface area (Å²) < 4.78 is 13.9. The molecule has 3 heteroatoms. The molecule has 2 nitrogen and oxygen atoms in total. The fourth-order valence-corrected chi connectivity index (χ4v) is 2.98. The van der Waals surface area contributed by atoms with Crippen molar-refractivity contribution in [3.8, 4) is 0 Å². The first kappa shape index (κ1) is 22.4. The fourth-order valence-electron chi connectivity index (χ4n) is 2.98. The van der Waals surface area contributed by atoms with Crippen molar-refractivity contribution in [2.24, 2.45) is 0 Å². The van der Waals surface area contributed by atoms with Crippen molar-refractivity contribution in [1.29, 1.82) is 0 Å². The fraction of sp³-hybridized carbons (Fsp3) is 0.269. The van der Waals surface area contributed by atoms with Gasteiger partial charge in [0.1, 0.15) is 11.9 Å². The van der Waals surface area contributed by atoms with Gasteiger partial charge in [-0.05, 0) is 47.2 Å². The lowest BCUT2D eigenvalue weighted by atomic mass is 9.87. The summed E-state index contributed by atoms with van der Waals surface area (Å²) in [5.74, 6) is -0.451. The standard InChI is InChI=1S/C26H30FNO/c1-6-20(18-22(27)7-2)25(24(29)17-19-11-9-8-10-12-19)28-23-15-13-21(14-16-23)26(3,4)5/h6-16,18,25,28H,1,17H2,2-5H3/b20-18+,22-7+. The van der Waals surface area contributed by atoms with Gasteiger partial charge in [0.25, 0.3) is 0 Å². The maximum absolute atomic E-state index is 13.9. The summed E-state index contributed by atoms with van der Waals surface area (Å²) in [6.07, 6.45) is 4.51. The summed E-state index contributed by atoms with van der Waals surface area (Å²) in [5.41, 5.74) is 3.47. The zero-order valence-corrected chi connectivity index (χ0v) is 17.7. The summed E-state index contributed by atoms with van der Waals surface area (Å²) in [6.45, 7) is 11.9. The van der Waals surface area contributed by atoms with E-state index in [1.54, 1.807) is 6.92 Å². The van der Waals surface area contributed by atoms with Gasteiger partial charge in [-0.2, -0.15) is 0 Å². The average molecular weight is 392 g/mol. The Morgan fingerprint density at radius 1 is 1.10 bits per heavy atom. The molecule has 0 aliphatic carbocycles. The summed E-state index contributed by atoms with van der Waals surface area (Å²) in [5, 5.41) is 3.28. The molecule has 2 aromatic rings. The van der Waals surface area contributed by atoms with Crippen LogP contribution in [0.2, 0.25) is 0 Å². The Morgan fingerprint density at radius 2 is 1.72 bits per heavy atom. The maximum Gasteiger partial charge on any atom is 0.163 e. The van der Waals surface area contributed by atoms with Gasteiger partial charge in [-0.25, -0.2) is 4.39 Å². The molecule has 0 bridgehead atoms. The minimum Gasteiger partial charge on any atom is -0.372 e. The Morgan fingerprint density at radius 3 is 2.24 bits per heavy atom. The van der Waals surface area contributed by atoms with Crippen molar-refractivity contribution in [3.63, 3.8) is 0 Å². The van der Waals surface area contributed by atoms with Crippen LogP contribution in [0.4, 0.5) is 10.1 Å². The van der Waals surface area contributed by atoms with Gasteiger partial charge in [0.05, 0.1) is 0 Å². The lowest BCUT2D eigenvalue weighted by Gasteiger charge is -2.22. The first-order chi connectivity index (χ1) is 13.7. The molecule has 0 fully saturated rings. The minimum absolute atomic E-state index is 0.0439. The first-order valence-electron chi connectivity index (χ1n) is 9.84. The van der Waals surface area contributed by atoms with E-state index in [1.807, 2.05) is 54.6 Å². The topological polar surface area (TPSA) is 29.1 Å². The molecule has 1 unspecified atom stereocenters. The quantitative estimate of drug-likeness (QED) is 0.516. The average Bonchev–Trinajstić information content (AvgIpc) is 2.70. The Kier molecular flexibility index (Phi) is 7.72. The molecule has 0 aliphatic heterocycles. The number of carbonyl (C=O) groups excluding carboxylic acids is 1.